The number of likely N-dealkylation sites (tertiary alicyclic amines) is 1. The zero-order valence-corrected chi connectivity index (χ0v) is 19.0. The average molecular weight is 497 g/mol. The molecule has 1 aliphatic heterocycles. The molecule has 0 unspecified atom stereocenters. The van der Waals surface area contributed by atoms with E-state index in [0.29, 0.717) is 6.04 Å². The number of pyridine rings is 1. The Labute approximate surface area is 184 Å². The van der Waals surface area contributed by atoms with Crippen molar-refractivity contribution < 1.29 is 0 Å². The van der Waals surface area contributed by atoms with Gasteiger partial charge in [-0.15, -0.1) is 34.2 Å². The second-order valence-corrected chi connectivity index (χ2v) is 7.60. The van der Waals surface area contributed by atoms with Crippen molar-refractivity contribution in [2.24, 2.45) is 4.99 Å². The van der Waals surface area contributed by atoms with E-state index in [1.165, 1.54) is 38.8 Å². The van der Waals surface area contributed by atoms with Crippen LogP contribution in [-0.4, -0.2) is 63.7 Å². The third-order valence-corrected chi connectivity index (χ3v) is 5.49. The third-order valence-electron chi connectivity index (χ3n) is 5.49. The van der Waals surface area contributed by atoms with Gasteiger partial charge in [0.2, 0.25) is 0 Å². The molecule has 0 amide bonds. The Morgan fingerprint density at radius 3 is 2.75 bits per heavy atom. The van der Waals surface area contributed by atoms with E-state index in [-0.39, 0.29) is 24.0 Å². The number of hydrogen-bond donors (Lipinski definition) is 2. The van der Waals surface area contributed by atoms with Gasteiger partial charge in [-0.1, -0.05) is 6.07 Å². The monoisotopic (exact) mass is 497 g/mol. The molecule has 154 valence electrons. The zero-order chi connectivity index (χ0) is 18.5. The molecule has 2 aliphatic rings. The number of halogens is 1. The van der Waals surface area contributed by atoms with E-state index in [0.717, 1.165) is 49.4 Å². The van der Waals surface area contributed by atoms with E-state index in [4.69, 9.17) is 4.99 Å². The maximum Gasteiger partial charge on any atom is 0.191 e. The number of rotatable bonds is 7. The summed E-state index contributed by atoms with van der Waals surface area (Å²) in [6.45, 7) is 6.25. The van der Waals surface area contributed by atoms with Crippen LogP contribution in [0.25, 0.3) is 5.65 Å². The maximum atomic E-state index is 4.78. The first-order valence-corrected chi connectivity index (χ1v) is 10.4. The van der Waals surface area contributed by atoms with E-state index in [1.807, 2.05) is 24.4 Å². The number of nitrogens with one attached hydrogen (secondary N) is 2. The lowest BCUT2D eigenvalue weighted by molar-refractivity contribution is 0.197. The molecule has 7 nitrogen and oxygen atoms in total. The lowest BCUT2D eigenvalue weighted by Gasteiger charge is -2.33. The second kappa shape index (κ2) is 10.4. The van der Waals surface area contributed by atoms with Crippen LogP contribution in [0.4, 0.5) is 0 Å². The molecule has 1 saturated heterocycles. The van der Waals surface area contributed by atoms with Crippen molar-refractivity contribution in [1.82, 2.24) is 30.1 Å². The average Bonchev–Trinajstić information content (AvgIpc) is 3.47. The van der Waals surface area contributed by atoms with Crippen LogP contribution in [0.5, 0.6) is 0 Å². The van der Waals surface area contributed by atoms with Crippen LogP contribution < -0.4 is 10.6 Å². The highest BCUT2D eigenvalue weighted by Gasteiger charge is 2.31. The summed E-state index contributed by atoms with van der Waals surface area (Å²) < 4.78 is 2.06. The third kappa shape index (κ3) is 5.56. The number of nitrogens with zero attached hydrogens (tertiary/aromatic N) is 5. The predicted molar refractivity (Wildman–Crippen MR) is 123 cm³/mol. The van der Waals surface area contributed by atoms with E-state index in [1.54, 1.807) is 0 Å². The summed E-state index contributed by atoms with van der Waals surface area (Å²) in [7, 11) is 0. The van der Waals surface area contributed by atoms with Gasteiger partial charge in [-0.05, 0) is 51.2 Å². The first kappa shape index (κ1) is 21.3. The Hall–Kier alpha value is -1.42. The molecule has 2 aromatic heterocycles. The lowest BCUT2D eigenvalue weighted by atomic mass is 10.1. The lowest BCUT2D eigenvalue weighted by Crippen LogP contribution is -2.49. The van der Waals surface area contributed by atoms with Crippen LogP contribution in [0.15, 0.2) is 29.4 Å². The Kier molecular flexibility index (Phi) is 7.90. The fourth-order valence-electron chi connectivity index (χ4n) is 3.85. The van der Waals surface area contributed by atoms with Crippen LogP contribution in [0.1, 0.15) is 44.9 Å². The summed E-state index contributed by atoms with van der Waals surface area (Å²) in [5.74, 6) is 1.96. The van der Waals surface area contributed by atoms with Gasteiger partial charge in [-0.2, -0.15) is 0 Å². The molecule has 1 aliphatic carbocycles. The summed E-state index contributed by atoms with van der Waals surface area (Å²) in [5.41, 5.74) is 0.906. The molecule has 2 aromatic rings. The highest BCUT2D eigenvalue weighted by molar-refractivity contribution is 14.0. The number of guanidine groups is 1. The van der Waals surface area contributed by atoms with Crippen molar-refractivity contribution in [1.29, 1.82) is 0 Å². The molecular weight excluding hydrogens is 465 g/mol. The molecule has 28 heavy (non-hydrogen) atoms. The van der Waals surface area contributed by atoms with Gasteiger partial charge in [0.25, 0.3) is 0 Å². The fourth-order valence-corrected chi connectivity index (χ4v) is 3.85. The largest absolute Gasteiger partial charge is 0.357 e. The molecule has 0 atom stereocenters. The van der Waals surface area contributed by atoms with Gasteiger partial charge < -0.3 is 15.5 Å². The Balaban J connectivity index is 0.00000225. The first-order chi connectivity index (χ1) is 13.3. The summed E-state index contributed by atoms with van der Waals surface area (Å²) >= 11 is 0. The summed E-state index contributed by atoms with van der Waals surface area (Å²) in [6, 6.07) is 7.41. The maximum absolute atomic E-state index is 4.78. The van der Waals surface area contributed by atoms with Gasteiger partial charge in [0.05, 0.1) is 0 Å². The summed E-state index contributed by atoms with van der Waals surface area (Å²) in [4.78, 5) is 7.43. The summed E-state index contributed by atoms with van der Waals surface area (Å²) in [6.07, 6.45) is 9.11. The van der Waals surface area contributed by atoms with E-state index >= 15 is 0 Å². The Morgan fingerprint density at radius 2 is 2.00 bits per heavy atom. The number of piperidine rings is 1. The number of aliphatic imine (C=N–C) groups is 1. The highest BCUT2D eigenvalue weighted by atomic mass is 127. The number of aryl methyl sites for hydroxylation is 1. The van der Waals surface area contributed by atoms with Crippen molar-refractivity contribution in [3.05, 3.63) is 30.2 Å². The highest BCUT2D eigenvalue weighted by Crippen LogP contribution is 2.29. The van der Waals surface area contributed by atoms with E-state index in [9.17, 15) is 0 Å². The molecule has 0 spiro atoms. The SMILES string of the molecule is CCNC(=NCCCc1nnc2ccccn12)NC1CCN(C2CC2)CC1.I. The smallest absolute Gasteiger partial charge is 0.191 e. The standard InChI is InChI=1S/C20H31N7.HI/c1-2-21-20(23-16-10-14-26(15-11-16)17-8-9-17)22-12-5-7-19-25-24-18-6-3-4-13-27(18)19;/h3-4,6,13,16-17H,2,5,7-12,14-15H2,1H3,(H2,21,22,23);1H. The van der Waals surface area contributed by atoms with Gasteiger partial charge in [0.15, 0.2) is 11.6 Å². The van der Waals surface area contributed by atoms with E-state index in [2.05, 4.69) is 37.1 Å². The van der Waals surface area contributed by atoms with Crippen LogP contribution in [0.2, 0.25) is 0 Å². The fraction of sp³-hybridized carbons (Fsp3) is 0.650. The van der Waals surface area contributed by atoms with Gasteiger partial charge in [-0.3, -0.25) is 9.39 Å². The molecule has 0 aromatic carbocycles. The molecule has 8 heteroatoms. The molecule has 2 N–H and O–H groups in total. The summed E-state index contributed by atoms with van der Waals surface area (Å²) in [5, 5.41) is 15.5. The molecule has 1 saturated carbocycles. The van der Waals surface area contributed by atoms with Gasteiger partial charge >= 0.3 is 0 Å². The van der Waals surface area contributed by atoms with Gasteiger partial charge in [-0.25, -0.2) is 0 Å². The first-order valence-electron chi connectivity index (χ1n) is 10.4. The minimum atomic E-state index is 0. The van der Waals surface area contributed by atoms with E-state index < -0.39 is 0 Å². The van der Waals surface area contributed by atoms with Crippen LogP contribution in [0, 0.1) is 0 Å². The molecule has 4 rings (SSSR count). The van der Waals surface area contributed by atoms with Crippen LogP contribution in [0.3, 0.4) is 0 Å². The van der Waals surface area contributed by atoms with Gasteiger partial charge in [0.1, 0.15) is 5.82 Å². The number of aromatic nitrogens is 3. The normalized spacial score (nSPS) is 18.8. The predicted octanol–water partition coefficient (Wildman–Crippen LogP) is 2.46. The van der Waals surface area contributed by atoms with Gasteiger partial charge in [0, 0.05) is 50.9 Å². The zero-order valence-electron chi connectivity index (χ0n) is 16.7. The minimum Gasteiger partial charge on any atom is -0.357 e. The van der Waals surface area contributed by atoms with Crippen molar-refractivity contribution in [2.45, 2.75) is 57.5 Å². The molecular formula is C20H32IN7. The quantitative estimate of drug-likeness (QED) is 0.266. The van der Waals surface area contributed by atoms with Crippen molar-refractivity contribution in [3.63, 3.8) is 0 Å². The topological polar surface area (TPSA) is 69.8 Å². The minimum absolute atomic E-state index is 0. The second-order valence-electron chi connectivity index (χ2n) is 7.60. The molecule has 0 radical (unpaired) electrons. The molecule has 0 bridgehead atoms. The molecule has 2 fully saturated rings. The van der Waals surface area contributed by atoms with Crippen LogP contribution in [-0.2, 0) is 6.42 Å². The Morgan fingerprint density at radius 1 is 1.18 bits per heavy atom. The van der Waals surface area contributed by atoms with Crippen molar-refractivity contribution in [3.8, 4) is 0 Å². The Bertz CT molecular complexity index is 763. The number of hydrogen-bond acceptors (Lipinski definition) is 4. The van der Waals surface area contributed by atoms with Crippen molar-refractivity contribution >= 4 is 35.6 Å². The van der Waals surface area contributed by atoms with Crippen molar-refractivity contribution in [2.75, 3.05) is 26.2 Å². The number of fused-ring (bicyclic) bond motifs is 1. The van der Waals surface area contributed by atoms with Crippen LogP contribution >= 0.6 is 24.0 Å². The molecule has 3 heterocycles.